The number of halogens is 1. The maximum absolute atomic E-state index is 12.9. The van der Waals surface area contributed by atoms with Crippen LogP contribution in [0.4, 0.5) is 11.4 Å². The number of aromatic amines is 1. The summed E-state index contributed by atoms with van der Waals surface area (Å²) in [5, 5.41) is 4.36. The maximum atomic E-state index is 12.9. The zero-order valence-corrected chi connectivity index (χ0v) is 18.8. The Hall–Kier alpha value is -3.23. The molecule has 4 rings (SSSR count). The van der Waals surface area contributed by atoms with Crippen molar-refractivity contribution in [3.63, 3.8) is 0 Å². The number of aromatic nitrogens is 1. The number of benzene rings is 2. The van der Waals surface area contributed by atoms with Crippen molar-refractivity contribution in [1.29, 1.82) is 0 Å². The first-order valence-electron chi connectivity index (χ1n) is 10.4. The maximum Gasteiger partial charge on any atom is 0.356 e. The first-order valence-corrected chi connectivity index (χ1v) is 10.8. The third-order valence-corrected chi connectivity index (χ3v) is 5.95. The molecule has 2 heterocycles. The normalized spacial score (nSPS) is 14.4. The molecular formula is C23H26ClN4O4+. The van der Waals surface area contributed by atoms with Crippen molar-refractivity contribution in [3.05, 3.63) is 53.2 Å². The second-order valence-corrected chi connectivity index (χ2v) is 8.16. The van der Waals surface area contributed by atoms with Gasteiger partial charge >= 0.3 is 5.97 Å². The fourth-order valence-corrected chi connectivity index (χ4v) is 4.21. The summed E-state index contributed by atoms with van der Waals surface area (Å²) in [7, 11) is 2.88. The highest BCUT2D eigenvalue weighted by molar-refractivity contribution is 6.30. The van der Waals surface area contributed by atoms with E-state index in [1.54, 1.807) is 19.2 Å². The molecule has 3 N–H and O–H groups in total. The van der Waals surface area contributed by atoms with Crippen molar-refractivity contribution in [2.75, 3.05) is 57.2 Å². The van der Waals surface area contributed by atoms with Gasteiger partial charge in [-0.2, -0.15) is 0 Å². The van der Waals surface area contributed by atoms with Crippen molar-refractivity contribution in [2.24, 2.45) is 0 Å². The molecule has 0 spiro atoms. The third kappa shape index (κ3) is 4.66. The second-order valence-electron chi connectivity index (χ2n) is 7.72. The third-order valence-electron chi connectivity index (χ3n) is 5.71. The Morgan fingerprint density at radius 2 is 1.94 bits per heavy atom. The summed E-state index contributed by atoms with van der Waals surface area (Å²) in [6.07, 6.45) is 0. The van der Waals surface area contributed by atoms with E-state index in [1.165, 1.54) is 12.0 Å². The number of H-pyrrole nitrogens is 1. The summed E-state index contributed by atoms with van der Waals surface area (Å²) in [6, 6.07) is 13.2. The van der Waals surface area contributed by atoms with E-state index >= 15 is 0 Å². The summed E-state index contributed by atoms with van der Waals surface area (Å²) >= 11 is 6.11. The number of carbonyl (C=O) groups is 2. The van der Waals surface area contributed by atoms with Crippen molar-refractivity contribution < 1.29 is 24.0 Å². The fourth-order valence-electron chi connectivity index (χ4n) is 4.03. The van der Waals surface area contributed by atoms with Gasteiger partial charge in [-0.05, 0) is 30.3 Å². The molecule has 0 atom stereocenters. The summed E-state index contributed by atoms with van der Waals surface area (Å²) in [4.78, 5) is 31.6. The zero-order chi connectivity index (χ0) is 22.7. The van der Waals surface area contributed by atoms with Crippen LogP contribution in [0.15, 0.2) is 42.5 Å². The highest BCUT2D eigenvalue weighted by Gasteiger charge is 2.25. The molecule has 168 valence electrons. The summed E-state index contributed by atoms with van der Waals surface area (Å²) in [5.74, 6) is -0.0499. The standard InChI is InChI=1S/C23H25ClN4O4/c1-31-17-6-7-18-19(13-17)25-22(23(30)32-2)21(18)26-20(29)14-27-8-10-28(11-9-27)16-5-3-4-15(24)12-16/h3-7,12-13,25H,8-11,14H2,1-2H3,(H,26,29)/p+1. The molecule has 0 unspecified atom stereocenters. The molecule has 0 aliphatic carbocycles. The monoisotopic (exact) mass is 457 g/mol. The van der Waals surface area contributed by atoms with Crippen LogP contribution in [0.1, 0.15) is 10.5 Å². The SMILES string of the molecule is COC(=O)c1[nH]c2cc(OC)ccc2c1NC(=O)C[NH+]1CCN(c2cccc(Cl)c2)CC1. The van der Waals surface area contributed by atoms with E-state index in [9.17, 15) is 9.59 Å². The molecule has 1 fully saturated rings. The number of hydrogen-bond donors (Lipinski definition) is 3. The van der Waals surface area contributed by atoms with Crippen LogP contribution in [0.3, 0.4) is 0 Å². The quantitative estimate of drug-likeness (QED) is 0.492. The Balaban J connectivity index is 1.43. The van der Waals surface area contributed by atoms with Gasteiger partial charge in [0.15, 0.2) is 6.54 Å². The molecule has 9 heteroatoms. The number of carbonyl (C=O) groups excluding carboxylic acids is 2. The van der Waals surface area contributed by atoms with E-state index in [0.29, 0.717) is 23.5 Å². The average molecular weight is 458 g/mol. The number of amides is 1. The highest BCUT2D eigenvalue weighted by Crippen LogP contribution is 2.31. The van der Waals surface area contributed by atoms with E-state index in [-0.39, 0.29) is 11.6 Å². The number of ether oxygens (including phenoxy) is 2. The van der Waals surface area contributed by atoms with E-state index < -0.39 is 5.97 Å². The number of piperazine rings is 1. The topological polar surface area (TPSA) is 88.1 Å². The van der Waals surface area contributed by atoms with Crippen molar-refractivity contribution in [3.8, 4) is 5.75 Å². The molecule has 0 radical (unpaired) electrons. The van der Waals surface area contributed by atoms with Gasteiger partial charge in [-0.1, -0.05) is 17.7 Å². The minimum atomic E-state index is -0.544. The molecule has 0 saturated carbocycles. The molecule has 8 nitrogen and oxygen atoms in total. The van der Waals surface area contributed by atoms with Gasteiger partial charge in [0.25, 0.3) is 5.91 Å². The van der Waals surface area contributed by atoms with Gasteiger partial charge in [-0.3, -0.25) is 4.79 Å². The molecule has 32 heavy (non-hydrogen) atoms. The highest BCUT2D eigenvalue weighted by atomic mass is 35.5. The van der Waals surface area contributed by atoms with Gasteiger partial charge in [0.1, 0.15) is 11.4 Å². The number of methoxy groups -OCH3 is 2. The van der Waals surface area contributed by atoms with E-state index in [0.717, 1.165) is 42.3 Å². The Labute approximate surface area is 191 Å². The number of hydrogen-bond acceptors (Lipinski definition) is 5. The largest absolute Gasteiger partial charge is 0.497 e. The minimum absolute atomic E-state index is 0.155. The first-order chi connectivity index (χ1) is 15.5. The lowest BCUT2D eigenvalue weighted by Gasteiger charge is -2.33. The van der Waals surface area contributed by atoms with Crippen LogP contribution in [0.25, 0.3) is 10.9 Å². The van der Waals surface area contributed by atoms with Crippen LogP contribution in [0, 0.1) is 0 Å². The molecule has 2 aromatic carbocycles. The number of anilines is 2. The van der Waals surface area contributed by atoms with Crippen LogP contribution in [0.2, 0.25) is 5.02 Å². The Kier molecular flexibility index (Phi) is 6.53. The number of rotatable bonds is 6. The van der Waals surface area contributed by atoms with Crippen molar-refractivity contribution in [1.82, 2.24) is 4.98 Å². The second kappa shape index (κ2) is 9.50. The summed E-state index contributed by atoms with van der Waals surface area (Å²) in [6.45, 7) is 3.64. The number of esters is 1. The van der Waals surface area contributed by atoms with Gasteiger partial charge < -0.3 is 29.6 Å². The predicted octanol–water partition coefficient (Wildman–Crippen LogP) is 1.96. The number of quaternary nitrogens is 1. The molecule has 1 aliphatic heterocycles. The van der Waals surface area contributed by atoms with Gasteiger partial charge in [0, 0.05) is 22.2 Å². The lowest BCUT2D eigenvalue weighted by Crippen LogP contribution is -3.15. The van der Waals surface area contributed by atoms with Crippen LogP contribution in [-0.4, -0.2) is 63.8 Å². The molecule has 1 amide bonds. The summed E-state index contributed by atoms with van der Waals surface area (Å²) in [5.41, 5.74) is 2.42. The van der Waals surface area contributed by atoms with E-state index in [1.807, 2.05) is 30.3 Å². The Morgan fingerprint density at radius 3 is 2.62 bits per heavy atom. The van der Waals surface area contributed by atoms with Crippen LogP contribution >= 0.6 is 11.6 Å². The molecule has 1 aliphatic rings. The molecular weight excluding hydrogens is 432 g/mol. The molecule has 1 saturated heterocycles. The lowest BCUT2D eigenvalue weighted by molar-refractivity contribution is -0.892. The summed E-state index contributed by atoms with van der Waals surface area (Å²) < 4.78 is 10.1. The van der Waals surface area contributed by atoms with Crippen LogP contribution in [-0.2, 0) is 9.53 Å². The van der Waals surface area contributed by atoms with Gasteiger partial charge in [-0.15, -0.1) is 0 Å². The molecule has 3 aromatic rings. The zero-order valence-electron chi connectivity index (χ0n) is 18.0. The lowest BCUT2D eigenvalue weighted by atomic mass is 10.2. The van der Waals surface area contributed by atoms with E-state index in [4.69, 9.17) is 21.1 Å². The predicted molar refractivity (Wildman–Crippen MR) is 124 cm³/mol. The number of nitrogens with zero attached hydrogens (tertiary/aromatic N) is 1. The van der Waals surface area contributed by atoms with Gasteiger partial charge in [-0.25, -0.2) is 4.79 Å². The first kappa shape index (κ1) is 22.0. The average Bonchev–Trinajstić information content (AvgIpc) is 3.16. The van der Waals surface area contributed by atoms with Crippen molar-refractivity contribution in [2.45, 2.75) is 0 Å². The minimum Gasteiger partial charge on any atom is -0.497 e. The number of nitrogens with one attached hydrogen (secondary N) is 3. The smallest absolute Gasteiger partial charge is 0.356 e. The van der Waals surface area contributed by atoms with Crippen molar-refractivity contribution >= 4 is 45.8 Å². The number of fused-ring (bicyclic) bond motifs is 1. The van der Waals surface area contributed by atoms with Gasteiger partial charge in [0.05, 0.1) is 51.6 Å². The Morgan fingerprint density at radius 1 is 1.16 bits per heavy atom. The molecule has 1 aromatic heterocycles. The Bertz CT molecular complexity index is 1140. The molecule has 0 bridgehead atoms. The van der Waals surface area contributed by atoms with Crippen LogP contribution < -0.4 is 19.9 Å². The van der Waals surface area contributed by atoms with E-state index in [2.05, 4.69) is 15.2 Å². The van der Waals surface area contributed by atoms with Gasteiger partial charge in [0.2, 0.25) is 0 Å². The fraction of sp³-hybridized carbons (Fsp3) is 0.304. The van der Waals surface area contributed by atoms with Crippen LogP contribution in [0.5, 0.6) is 5.75 Å².